The number of alkyl halides is 3. The number of aromatic amines is 1. The Balaban J connectivity index is 1.65. The molecule has 3 aromatic rings. The molecule has 198 valence electrons. The molecule has 1 amide bonds. The number of fused-ring (bicyclic) bond motifs is 1. The van der Waals surface area contributed by atoms with E-state index in [1.54, 1.807) is 6.07 Å². The second kappa shape index (κ2) is 8.52. The first-order valence-corrected chi connectivity index (χ1v) is 11.2. The van der Waals surface area contributed by atoms with E-state index in [1.807, 2.05) is 16.8 Å². The summed E-state index contributed by atoms with van der Waals surface area (Å²) in [7, 11) is 2.98. The maximum atomic E-state index is 14.5. The van der Waals surface area contributed by atoms with Crippen LogP contribution in [0.15, 0.2) is 18.2 Å². The maximum Gasteiger partial charge on any atom is 0.417 e. The highest BCUT2D eigenvalue weighted by atomic mass is 19.4. The Morgan fingerprint density at radius 1 is 1.27 bits per heavy atom. The molecule has 2 saturated heterocycles. The van der Waals surface area contributed by atoms with Crippen LogP contribution < -0.4 is 15.4 Å². The smallest absolute Gasteiger partial charge is 0.417 e. The van der Waals surface area contributed by atoms with Crippen LogP contribution in [-0.4, -0.2) is 65.0 Å². The van der Waals surface area contributed by atoms with Crippen molar-refractivity contribution < 1.29 is 36.2 Å². The molecule has 0 spiro atoms. The predicted octanol–water partition coefficient (Wildman–Crippen LogP) is 3.58. The van der Waals surface area contributed by atoms with Crippen LogP contribution in [0, 0.1) is 11.6 Å². The number of amides is 1. The minimum Gasteiger partial charge on any atom is -0.493 e. The van der Waals surface area contributed by atoms with Crippen LogP contribution in [0.5, 0.6) is 5.75 Å². The van der Waals surface area contributed by atoms with Crippen molar-refractivity contribution in [2.75, 3.05) is 32.4 Å². The van der Waals surface area contributed by atoms with E-state index in [1.165, 1.54) is 0 Å². The number of aromatic nitrogens is 3. The first-order valence-electron chi connectivity index (χ1n) is 11.2. The van der Waals surface area contributed by atoms with Crippen LogP contribution in [0.25, 0.3) is 11.0 Å². The van der Waals surface area contributed by atoms with Gasteiger partial charge in [0.05, 0.1) is 26.0 Å². The topological polar surface area (TPSA) is 110 Å². The minimum absolute atomic E-state index is 0.0163. The zero-order chi connectivity index (χ0) is 26.9. The normalized spacial score (nSPS) is 24.5. The van der Waals surface area contributed by atoms with Gasteiger partial charge in [-0.05, 0) is 26.5 Å². The highest BCUT2D eigenvalue weighted by Crippen LogP contribution is 2.56. The highest BCUT2D eigenvalue weighted by molar-refractivity contribution is 6.03. The lowest BCUT2D eigenvalue weighted by Gasteiger charge is -2.40. The number of anilines is 1. The van der Waals surface area contributed by atoms with E-state index in [-0.39, 0.29) is 22.6 Å². The fourth-order valence-corrected chi connectivity index (χ4v) is 4.86. The van der Waals surface area contributed by atoms with Crippen LogP contribution in [-0.2, 0) is 4.74 Å². The number of hydrogen-bond donors (Lipinski definition) is 2. The van der Waals surface area contributed by atoms with Crippen LogP contribution in [0.3, 0.4) is 0 Å². The van der Waals surface area contributed by atoms with Gasteiger partial charge in [-0.15, -0.1) is 0 Å². The molecular formula is C23H23F5N6O3. The van der Waals surface area contributed by atoms with Gasteiger partial charge in [-0.3, -0.25) is 9.69 Å². The Morgan fingerprint density at radius 3 is 2.57 bits per heavy atom. The van der Waals surface area contributed by atoms with Crippen molar-refractivity contribution in [1.29, 1.82) is 0 Å². The van der Waals surface area contributed by atoms with Gasteiger partial charge in [0.1, 0.15) is 23.3 Å². The second-order valence-corrected chi connectivity index (χ2v) is 9.45. The molecular weight excluding hydrogens is 503 g/mol. The molecule has 3 atom stereocenters. The molecule has 2 aliphatic rings. The molecule has 2 fully saturated rings. The number of pyridine rings is 1. The van der Waals surface area contributed by atoms with Crippen LogP contribution in [0.1, 0.15) is 47.2 Å². The Kier molecular flexibility index (Phi) is 5.79. The summed E-state index contributed by atoms with van der Waals surface area (Å²) in [6.45, 7) is 1.97. The van der Waals surface area contributed by atoms with E-state index in [4.69, 9.17) is 15.2 Å². The van der Waals surface area contributed by atoms with Crippen molar-refractivity contribution in [3.05, 3.63) is 46.9 Å². The molecule has 0 saturated carbocycles. The second-order valence-electron chi connectivity index (χ2n) is 9.45. The molecule has 0 bridgehead atoms. The highest BCUT2D eigenvalue weighted by Gasteiger charge is 2.61. The fourth-order valence-electron chi connectivity index (χ4n) is 4.86. The number of H-pyrrole nitrogens is 1. The molecule has 0 unspecified atom stereocenters. The number of benzene rings is 1. The van der Waals surface area contributed by atoms with Crippen molar-refractivity contribution in [2.45, 2.75) is 37.1 Å². The Bertz CT molecular complexity index is 1390. The molecule has 2 aliphatic heterocycles. The number of hydrogen-bond acceptors (Lipinski definition) is 7. The lowest BCUT2D eigenvalue weighted by molar-refractivity contribution is -0.265. The summed E-state index contributed by atoms with van der Waals surface area (Å²) >= 11 is 0. The quantitative estimate of drug-likeness (QED) is 0.489. The summed E-state index contributed by atoms with van der Waals surface area (Å²) < 4.78 is 81.1. The number of primary amides is 1. The van der Waals surface area contributed by atoms with Crippen LogP contribution >= 0.6 is 0 Å². The van der Waals surface area contributed by atoms with Crippen LogP contribution in [0.2, 0.25) is 0 Å². The number of carbonyl (C=O) groups is 1. The summed E-state index contributed by atoms with van der Waals surface area (Å²) in [5.41, 5.74) is 3.08. The van der Waals surface area contributed by atoms with Gasteiger partial charge in [0.2, 0.25) is 5.82 Å². The summed E-state index contributed by atoms with van der Waals surface area (Å²) in [4.78, 5) is 27.6. The van der Waals surface area contributed by atoms with Crippen molar-refractivity contribution >= 4 is 22.8 Å². The van der Waals surface area contributed by atoms with E-state index in [2.05, 4.69) is 15.0 Å². The summed E-state index contributed by atoms with van der Waals surface area (Å²) in [5.74, 6) is -4.68. The van der Waals surface area contributed by atoms with Crippen molar-refractivity contribution in [2.24, 2.45) is 5.73 Å². The van der Waals surface area contributed by atoms with Gasteiger partial charge in [0.25, 0.3) is 5.91 Å². The zero-order valence-corrected chi connectivity index (χ0v) is 20.0. The van der Waals surface area contributed by atoms with E-state index < -0.39 is 53.5 Å². The average Bonchev–Trinajstić information content (AvgIpc) is 3.39. The number of nitrogens with two attached hydrogens (primary N) is 1. The van der Waals surface area contributed by atoms with E-state index in [0.29, 0.717) is 24.7 Å². The van der Waals surface area contributed by atoms with E-state index in [9.17, 15) is 26.7 Å². The molecule has 14 heteroatoms. The predicted molar refractivity (Wildman–Crippen MR) is 121 cm³/mol. The van der Waals surface area contributed by atoms with Gasteiger partial charge in [0, 0.05) is 17.5 Å². The molecule has 5 rings (SSSR count). The van der Waals surface area contributed by atoms with Gasteiger partial charge in [-0.2, -0.15) is 17.6 Å². The van der Waals surface area contributed by atoms with Gasteiger partial charge < -0.3 is 25.1 Å². The number of ether oxygens (including phenoxy) is 2. The lowest BCUT2D eigenvalue weighted by Crippen LogP contribution is -2.53. The minimum atomic E-state index is -4.78. The number of rotatable bonds is 5. The largest absolute Gasteiger partial charge is 0.493 e. The maximum absolute atomic E-state index is 14.5. The van der Waals surface area contributed by atoms with Gasteiger partial charge >= 0.3 is 6.18 Å². The number of imidazole rings is 1. The third-order valence-corrected chi connectivity index (χ3v) is 6.77. The van der Waals surface area contributed by atoms with E-state index >= 15 is 0 Å². The summed E-state index contributed by atoms with van der Waals surface area (Å²) in [5, 5.41) is 0. The molecule has 37 heavy (non-hydrogen) atoms. The molecule has 0 aliphatic carbocycles. The van der Waals surface area contributed by atoms with Gasteiger partial charge in [-0.1, -0.05) is 6.07 Å². The third kappa shape index (κ3) is 4.03. The molecule has 3 N–H and O–H groups in total. The van der Waals surface area contributed by atoms with Gasteiger partial charge in [-0.25, -0.2) is 14.4 Å². The Labute approximate surface area is 207 Å². The standard InChI is InChI=1S/C23H23F5N6O3/c1-22(23(26,27)28)7-11(10-4-5-12(24)15(25)18(10)36-3)19(37-22)21-30-13-6-14(34-8-33(2)9-34)31-17(20(29)35)16(13)32-21/h4-6,11,19H,7-9H2,1-3H3,(H2,29,35)(H,30,32)/t11-,19+,22+/m0/s1. The first kappa shape index (κ1) is 25.1. The summed E-state index contributed by atoms with van der Waals surface area (Å²) in [6.07, 6.45) is -6.78. The number of carbonyl (C=O) groups excluding carboxylic acids is 1. The number of nitrogens with zero attached hydrogens (tertiary/aromatic N) is 4. The van der Waals surface area contributed by atoms with Crippen molar-refractivity contribution in [3.63, 3.8) is 0 Å². The zero-order valence-electron chi connectivity index (χ0n) is 20.0. The van der Waals surface area contributed by atoms with Crippen LogP contribution in [0.4, 0.5) is 27.8 Å². The number of nitrogens with one attached hydrogen (secondary N) is 1. The molecule has 4 heterocycles. The van der Waals surface area contributed by atoms with E-state index in [0.717, 1.165) is 26.2 Å². The molecule has 2 aromatic heterocycles. The molecule has 0 radical (unpaired) electrons. The molecule has 1 aromatic carbocycles. The van der Waals surface area contributed by atoms with Crippen molar-refractivity contribution in [3.8, 4) is 5.75 Å². The number of halogens is 5. The SMILES string of the molecule is COc1c([C@@H]2C[C@](C)(C(F)(F)F)O[C@H]2c2nc3c(C(N)=O)nc(N4CN(C)C4)cc3[nH]2)ccc(F)c1F. The lowest BCUT2D eigenvalue weighted by atomic mass is 9.86. The number of methoxy groups -OCH3 is 1. The molecule has 9 nitrogen and oxygen atoms in total. The fraction of sp³-hybridized carbons (Fsp3) is 0.435. The monoisotopic (exact) mass is 526 g/mol. The Morgan fingerprint density at radius 2 is 1.97 bits per heavy atom. The van der Waals surface area contributed by atoms with Gasteiger partial charge in [0.15, 0.2) is 22.9 Å². The summed E-state index contributed by atoms with van der Waals surface area (Å²) in [6, 6.07) is 3.59. The van der Waals surface area contributed by atoms with Crippen molar-refractivity contribution in [1.82, 2.24) is 19.9 Å². The first-order chi connectivity index (χ1) is 17.3. The average molecular weight is 526 g/mol. The Hall–Kier alpha value is -3.52. The third-order valence-electron chi connectivity index (χ3n) is 6.77.